The maximum absolute atomic E-state index is 12.5. The molecular formula is C68H129NO5. The molecule has 0 saturated carbocycles. The molecule has 3 N–H and O–H groups in total. The highest BCUT2D eigenvalue weighted by atomic mass is 16.5. The lowest BCUT2D eigenvalue weighted by molar-refractivity contribution is -0.143. The molecule has 74 heavy (non-hydrogen) atoms. The number of aliphatic hydroxyl groups excluding tert-OH is 2. The number of allylic oxidation sites excluding steroid dienone is 6. The van der Waals surface area contributed by atoms with Crippen molar-refractivity contribution in [1.29, 1.82) is 0 Å². The zero-order chi connectivity index (χ0) is 53.6. The van der Waals surface area contributed by atoms with Crippen molar-refractivity contribution in [3.05, 3.63) is 36.5 Å². The number of rotatable bonds is 62. The van der Waals surface area contributed by atoms with E-state index >= 15 is 0 Å². The van der Waals surface area contributed by atoms with Crippen molar-refractivity contribution in [1.82, 2.24) is 5.32 Å². The van der Waals surface area contributed by atoms with Crippen LogP contribution < -0.4 is 5.32 Å². The maximum atomic E-state index is 12.5. The maximum Gasteiger partial charge on any atom is 0.305 e. The third kappa shape index (κ3) is 59.3. The van der Waals surface area contributed by atoms with Crippen LogP contribution in [0.1, 0.15) is 361 Å². The number of unbranched alkanes of at least 4 members (excludes halogenated alkanes) is 45. The number of hydrogen-bond donors (Lipinski definition) is 3. The summed E-state index contributed by atoms with van der Waals surface area (Å²) in [6.45, 7) is 4.95. The zero-order valence-electron chi connectivity index (χ0n) is 49.8. The van der Waals surface area contributed by atoms with E-state index in [2.05, 4.69) is 55.6 Å². The Morgan fingerprint density at radius 2 is 0.676 bits per heavy atom. The predicted molar refractivity (Wildman–Crippen MR) is 324 cm³/mol. The van der Waals surface area contributed by atoms with E-state index in [0.717, 1.165) is 51.4 Å². The summed E-state index contributed by atoms with van der Waals surface area (Å²) in [6.07, 6.45) is 80.2. The highest BCUT2D eigenvalue weighted by Crippen LogP contribution is 2.18. The number of esters is 1. The molecule has 0 spiro atoms. The second kappa shape index (κ2) is 63.6. The molecule has 0 bridgehead atoms. The Labute approximate surface area is 462 Å². The number of carbonyl (C=O) groups is 2. The van der Waals surface area contributed by atoms with Gasteiger partial charge >= 0.3 is 5.97 Å². The normalized spacial score (nSPS) is 12.8. The van der Waals surface area contributed by atoms with Crippen LogP contribution in [0.15, 0.2) is 36.5 Å². The first kappa shape index (κ1) is 72.1. The van der Waals surface area contributed by atoms with E-state index in [1.54, 1.807) is 0 Å². The predicted octanol–water partition coefficient (Wildman–Crippen LogP) is 21.1. The largest absolute Gasteiger partial charge is 0.466 e. The Kier molecular flexibility index (Phi) is 62.0. The molecule has 0 aliphatic carbocycles. The van der Waals surface area contributed by atoms with Gasteiger partial charge in [-0.2, -0.15) is 0 Å². The molecule has 6 heteroatoms. The van der Waals surface area contributed by atoms with Crippen LogP contribution in [0.3, 0.4) is 0 Å². The van der Waals surface area contributed by atoms with Gasteiger partial charge in [-0.1, -0.05) is 301 Å². The summed E-state index contributed by atoms with van der Waals surface area (Å²) in [6, 6.07) is -0.546. The van der Waals surface area contributed by atoms with E-state index in [0.29, 0.717) is 25.9 Å². The minimum absolute atomic E-state index is 0.00453. The second-order valence-electron chi connectivity index (χ2n) is 22.8. The SMILES string of the molecule is CCCCCC/C=C\C/C=C\CCCCCCCCCC(=O)OCCCCCCCCCCCCCC/C=C\CCCCCCCCCC(=O)NC(CO)C(O)CCCCCCCCCCCCCCCCCC. The topological polar surface area (TPSA) is 95.9 Å². The van der Waals surface area contributed by atoms with E-state index in [4.69, 9.17) is 4.74 Å². The quantitative estimate of drug-likeness (QED) is 0.0320. The molecule has 0 saturated heterocycles. The summed E-state index contributed by atoms with van der Waals surface area (Å²) < 4.78 is 5.49. The summed E-state index contributed by atoms with van der Waals surface area (Å²) in [7, 11) is 0. The van der Waals surface area contributed by atoms with E-state index in [1.165, 1.54) is 276 Å². The fourth-order valence-electron chi connectivity index (χ4n) is 10.3. The van der Waals surface area contributed by atoms with Crippen molar-refractivity contribution in [2.24, 2.45) is 0 Å². The van der Waals surface area contributed by atoms with Gasteiger partial charge in [-0.3, -0.25) is 9.59 Å². The molecule has 1 amide bonds. The van der Waals surface area contributed by atoms with Crippen LogP contribution in [0.5, 0.6) is 0 Å². The van der Waals surface area contributed by atoms with Crippen LogP contribution in [-0.2, 0) is 14.3 Å². The average Bonchev–Trinajstić information content (AvgIpc) is 3.40. The molecule has 0 aromatic carbocycles. The molecule has 0 heterocycles. The Hall–Kier alpha value is -1.92. The second-order valence-corrected chi connectivity index (χ2v) is 22.8. The van der Waals surface area contributed by atoms with Crippen molar-refractivity contribution in [2.45, 2.75) is 373 Å². The van der Waals surface area contributed by atoms with Gasteiger partial charge in [-0.05, 0) is 83.5 Å². The van der Waals surface area contributed by atoms with Gasteiger partial charge in [0.05, 0.1) is 25.4 Å². The molecule has 0 rings (SSSR count). The van der Waals surface area contributed by atoms with Crippen molar-refractivity contribution in [3.8, 4) is 0 Å². The Morgan fingerprint density at radius 3 is 1.05 bits per heavy atom. The van der Waals surface area contributed by atoms with Crippen LogP contribution in [-0.4, -0.2) is 47.4 Å². The van der Waals surface area contributed by atoms with E-state index in [-0.39, 0.29) is 18.5 Å². The Bertz CT molecular complexity index is 1200. The van der Waals surface area contributed by atoms with Crippen LogP contribution in [0, 0.1) is 0 Å². The number of ether oxygens (including phenoxy) is 1. The molecule has 0 aromatic rings. The molecule has 0 fully saturated rings. The van der Waals surface area contributed by atoms with E-state index in [9.17, 15) is 19.8 Å². The lowest BCUT2D eigenvalue weighted by Crippen LogP contribution is -2.45. The van der Waals surface area contributed by atoms with Crippen LogP contribution in [0.2, 0.25) is 0 Å². The molecule has 6 nitrogen and oxygen atoms in total. The van der Waals surface area contributed by atoms with Crippen LogP contribution >= 0.6 is 0 Å². The van der Waals surface area contributed by atoms with Gasteiger partial charge in [0.2, 0.25) is 5.91 Å². The average molecular weight is 1040 g/mol. The molecule has 0 aromatic heterocycles. The Morgan fingerprint density at radius 1 is 0.378 bits per heavy atom. The summed E-state index contributed by atoms with van der Waals surface area (Å²) in [5.41, 5.74) is 0. The first-order valence-electron chi connectivity index (χ1n) is 33.2. The fraction of sp³-hybridized carbons (Fsp3) is 0.882. The number of nitrogens with one attached hydrogen (secondary N) is 1. The van der Waals surface area contributed by atoms with Gasteiger partial charge in [0.1, 0.15) is 0 Å². The molecule has 0 aliphatic heterocycles. The lowest BCUT2D eigenvalue weighted by atomic mass is 10.0. The number of amides is 1. The minimum Gasteiger partial charge on any atom is -0.466 e. The van der Waals surface area contributed by atoms with Gasteiger partial charge < -0.3 is 20.3 Å². The molecule has 2 unspecified atom stereocenters. The highest BCUT2D eigenvalue weighted by Gasteiger charge is 2.20. The molecule has 0 aliphatic rings. The van der Waals surface area contributed by atoms with Gasteiger partial charge in [-0.25, -0.2) is 0 Å². The molecule has 0 radical (unpaired) electrons. The minimum atomic E-state index is -0.669. The van der Waals surface area contributed by atoms with Crippen molar-refractivity contribution >= 4 is 11.9 Å². The number of aliphatic hydroxyl groups is 2. The smallest absolute Gasteiger partial charge is 0.305 e. The van der Waals surface area contributed by atoms with Gasteiger partial charge in [0.25, 0.3) is 0 Å². The van der Waals surface area contributed by atoms with Crippen molar-refractivity contribution < 1.29 is 24.5 Å². The number of hydrogen-bond acceptors (Lipinski definition) is 5. The first-order valence-corrected chi connectivity index (χ1v) is 33.2. The van der Waals surface area contributed by atoms with Crippen LogP contribution in [0.25, 0.3) is 0 Å². The van der Waals surface area contributed by atoms with Gasteiger partial charge in [0, 0.05) is 12.8 Å². The third-order valence-electron chi connectivity index (χ3n) is 15.4. The lowest BCUT2D eigenvalue weighted by Gasteiger charge is -2.22. The first-order chi connectivity index (χ1) is 36.5. The molecule has 2 atom stereocenters. The third-order valence-corrected chi connectivity index (χ3v) is 15.4. The fourth-order valence-corrected chi connectivity index (χ4v) is 10.3. The monoisotopic (exact) mass is 1040 g/mol. The molecule has 436 valence electrons. The zero-order valence-corrected chi connectivity index (χ0v) is 49.8. The molecular weight excluding hydrogens is 911 g/mol. The summed E-state index contributed by atoms with van der Waals surface area (Å²) in [5.74, 6) is -0.0347. The summed E-state index contributed by atoms with van der Waals surface area (Å²) >= 11 is 0. The summed E-state index contributed by atoms with van der Waals surface area (Å²) in [4.78, 5) is 24.6. The number of carbonyl (C=O) groups excluding carboxylic acids is 2. The standard InChI is InChI=1S/C68H129NO5/c1-3-5-7-9-11-13-15-17-19-21-30-34-38-42-46-50-54-58-62-68(73)74-63-59-55-51-47-43-39-35-31-28-26-24-22-23-25-27-29-33-37-41-45-49-53-57-61-67(72)69-65(64-70)66(71)60-56-52-48-44-40-36-32-20-18-16-14-12-10-8-6-4-2/h13,15,19,21,25,27,65-66,70-71H,3-12,14,16-18,20,22-24,26,28-64H2,1-2H3,(H,69,72)/b15-13-,21-19-,27-25-. The van der Waals surface area contributed by atoms with Crippen LogP contribution in [0.4, 0.5) is 0 Å². The van der Waals surface area contributed by atoms with E-state index < -0.39 is 12.1 Å². The van der Waals surface area contributed by atoms with Gasteiger partial charge in [-0.15, -0.1) is 0 Å². The highest BCUT2D eigenvalue weighted by molar-refractivity contribution is 5.76. The van der Waals surface area contributed by atoms with E-state index in [1.807, 2.05) is 0 Å². The Balaban J connectivity index is 3.40. The summed E-state index contributed by atoms with van der Waals surface area (Å²) in [5, 5.41) is 23.3. The van der Waals surface area contributed by atoms with Gasteiger partial charge in [0.15, 0.2) is 0 Å². The van der Waals surface area contributed by atoms with Crippen molar-refractivity contribution in [2.75, 3.05) is 13.2 Å². The van der Waals surface area contributed by atoms with Crippen molar-refractivity contribution in [3.63, 3.8) is 0 Å².